The van der Waals surface area contributed by atoms with Crippen molar-refractivity contribution >= 4 is 22.7 Å². The molecule has 3 nitrogen and oxygen atoms in total. The zero-order chi connectivity index (χ0) is 16.1. The fourth-order valence-corrected chi connectivity index (χ4v) is 4.45. The van der Waals surface area contributed by atoms with E-state index in [-0.39, 0.29) is 5.56 Å². The van der Waals surface area contributed by atoms with E-state index in [2.05, 4.69) is 6.92 Å². The average Bonchev–Trinajstić information content (AvgIpc) is 2.59. The van der Waals surface area contributed by atoms with E-state index >= 15 is 0 Å². The smallest absolute Gasteiger partial charge is 0.262 e. The van der Waals surface area contributed by atoms with Gasteiger partial charge in [0.05, 0.1) is 10.9 Å². The quantitative estimate of drug-likeness (QED) is 0.430. The van der Waals surface area contributed by atoms with Gasteiger partial charge in [-0.2, -0.15) is 0 Å². The summed E-state index contributed by atoms with van der Waals surface area (Å²) in [4.78, 5) is 17.8. The third-order valence-corrected chi connectivity index (χ3v) is 5.78. The predicted molar refractivity (Wildman–Crippen MR) is 98.2 cm³/mol. The van der Waals surface area contributed by atoms with Crippen LogP contribution in [0.15, 0.2) is 34.2 Å². The summed E-state index contributed by atoms with van der Waals surface area (Å²) in [5, 5.41) is 1.66. The molecule has 1 saturated carbocycles. The summed E-state index contributed by atoms with van der Waals surface area (Å²) in [6, 6.07) is 7.75. The van der Waals surface area contributed by atoms with Crippen molar-refractivity contribution in [1.29, 1.82) is 0 Å². The Labute approximate surface area is 142 Å². The Balaban J connectivity index is 1.95. The van der Waals surface area contributed by atoms with Crippen molar-refractivity contribution < 1.29 is 0 Å². The number of rotatable bonds is 6. The van der Waals surface area contributed by atoms with Crippen LogP contribution in [0.2, 0.25) is 0 Å². The van der Waals surface area contributed by atoms with Crippen LogP contribution in [0, 0.1) is 5.92 Å². The van der Waals surface area contributed by atoms with Crippen LogP contribution >= 0.6 is 11.8 Å². The Morgan fingerprint density at radius 1 is 1.22 bits per heavy atom. The lowest BCUT2D eigenvalue weighted by Crippen LogP contribution is -2.27. The molecule has 1 aliphatic carbocycles. The second-order valence-electron chi connectivity index (χ2n) is 6.53. The van der Waals surface area contributed by atoms with Gasteiger partial charge < -0.3 is 0 Å². The van der Waals surface area contributed by atoms with Crippen LogP contribution in [-0.2, 0) is 6.54 Å². The minimum atomic E-state index is 0.139. The summed E-state index contributed by atoms with van der Waals surface area (Å²) < 4.78 is 1.96. The molecule has 0 amide bonds. The van der Waals surface area contributed by atoms with Crippen LogP contribution in [-0.4, -0.2) is 15.3 Å². The Bertz CT molecular complexity index is 704. The van der Waals surface area contributed by atoms with Crippen molar-refractivity contribution in [3.63, 3.8) is 0 Å². The van der Waals surface area contributed by atoms with Crippen molar-refractivity contribution in [2.24, 2.45) is 5.92 Å². The van der Waals surface area contributed by atoms with Gasteiger partial charge in [0.1, 0.15) is 0 Å². The van der Waals surface area contributed by atoms with Gasteiger partial charge >= 0.3 is 0 Å². The highest BCUT2D eigenvalue weighted by molar-refractivity contribution is 7.99. The van der Waals surface area contributed by atoms with Gasteiger partial charge in [-0.05, 0) is 37.3 Å². The number of para-hydroxylation sites is 1. The maximum absolute atomic E-state index is 13.0. The van der Waals surface area contributed by atoms with Crippen LogP contribution in [0.5, 0.6) is 0 Å². The van der Waals surface area contributed by atoms with Crippen LogP contribution in [0.25, 0.3) is 10.9 Å². The first kappa shape index (κ1) is 16.6. The summed E-state index contributed by atoms with van der Waals surface area (Å²) in [7, 11) is 0. The lowest BCUT2D eigenvalue weighted by Gasteiger charge is -2.23. The summed E-state index contributed by atoms with van der Waals surface area (Å²) in [5.74, 6) is 1.67. The van der Waals surface area contributed by atoms with Crippen molar-refractivity contribution in [3.8, 4) is 0 Å². The lowest BCUT2D eigenvalue weighted by atomic mass is 9.89. The summed E-state index contributed by atoms with van der Waals surface area (Å²) in [5.41, 5.74) is 0.969. The van der Waals surface area contributed by atoms with Gasteiger partial charge in [-0.3, -0.25) is 9.36 Å². The normalized spacial score (nSPS) is 16.0. The fraction of sp³-hybridized carbons (Fsp3) is 0.579. The van der Waals surface area contributed by atoms with Crippen molar-refractivity contribution in [2.75, 3.05) is 5.75 Å². The molecule has 2 aromatic rings. The van der Waals surface area contributed by atoms with E-state index in [0.29, 0.717) is 5.92 Å². The first-order chi connectivity index (χ1) is 11.3. The van der Waals surface area contributed by atoms with Gasteiger partial charge in [-0.25, -0.2) is 4.98 Å². The molecule has 0 N–H and O–H groups in total. The number of nitrogens with zero attached hydrogens (tertiary/aromatic N) is 2. The monoisotopic (exact) mass is 330 g/mol. The number of aromatic nitrogens is 2. The second-order valence-corrected chi connectivity index (χ2v) is 7.60. The van der Waals surface area contributed by atoms with Gasteiger partial charge in [-0.1, -0.05) is 56.5 Å². The third kappa shape index (κ3) is 3.97. The van der Waals surface area contributed by atoms with Gasteiger partial charge in [0, 0.05) is 12.3 Å². The van der Waals surface area contributed by atoms with Gasteiger partial charge in [0.2, 0.25) is 0 Å². The van der Waals surface area contributed by atoms with Crippen LogP contribution in [0.1, 0.15) is 51.9 Å². The van der Waals surface area contributed by atoms with Gasteiger partial charge in [0.15, 0.2) is 5.16 Å². The molecular formula is C19H26N2OS. The van der Waals surface area contributed by atoms with Crippen LogP contribution < -0.4 is 5.56 Å². The first-order valence-corrected chi connectivity index (χ1v) is 9.90. The highest BCUT2D eigenvalue weighted by atomic mass is 32.2. The number of benzene rings is 1. The standard InChI is InChI=1S/C19H26N2OS/c1-2-3-13-23-19-20-17-12-8-7-11-16(17)18(22)21(19)14-15-9-5-4-6-10-15/h7-8,11-12,15H,2-6,9-10,13-14H2,1H3. The summed E-state index contributed by atoms with van der Waals surface area (Å²) >= 11 is 1.74. The Hall–Kier alpha value is -1.29. The molecule has 0 spiro atoms. The van der Waals surface area contributed by atoms with E-state index < -0.39 is 0 Å². The number of thioether (sulfide) groups is 1. The summed E-state index contributed by atoms with van der Waals surface area (Å²) in [6.07, 6.45) is 8.79. The highest BCUT2D eigenvalue weighted by Gasteiger charge is 2.18. The highest BCUT2D eigenvalue weighted by Crippen LogP contribution is 2.27. The van der Waals surface area contributed by atoms with Crippen molar-refractivity contribution in [3.05, 3.63) is 34.6 Å². The molecule has 1 aromatic heterocycles. The molecule has 124 valence electrons. The van der Waals surface area contributed by atoms with E-state index in [0.717, 1.165) is 34.8 Å². The van der Waals surface area contributed by atoms with E-state index in [1.54, 1.807) is 11.8 Å². The molecule has 0 atom stereocenters. The maximum atomic E-state index is 13.0. The molecular weight excluding hydrogens is 304 g/mol. The van der Waals surface area contributed by atoms with Crippen LogP contribution in [0.3, 0.4) is 0 Å². The molecule has 1 aliphatic rings. The van der Waals surface area contributed by atoms with Crippen molar-refractivity contribution in [2.45, 2.75) is 63.6 Å². The largest absolute Gasteiger partial charge is 0.287 e. The molecule has 0 radical (unpaired) electrons. The van der Waals surface area contributed by atoms with Crippen LogP contribution in [0.4, 0.5) is 0 Å². The van der Waals surface area contributed by atoms with E-state index in [1.807, 2.05) is 28.8 Å². The average molecular weight is 330 g/mol. The second kappa shape index (κ2) is 8.00. The van der Waals surface area contributed by atoms with E-state index in [4.69, 9.17) is 4.98 Å². The zero-order valence-electron chi connectivity index (χ0n) is 14.0. The molecule has 3 rings (SSSR count). The predicted octanol–water partition coefficient (Wildman–Crippen LogP) is 4.87. The Kier molecular flexibility index (Phi) is 5.76. The molecule has 23 heavy (non-hydrogen) atoms. The lowest BCUT2D eigenvalue weighted by molar-refractivity contribution is 0.306. The zero-order valence-corrected chi connectivity index (χ0v) is 14.8. The van der Waals surface area contributed by atoms with E-state index in [9.17, 15) is 4.79 Å². The number of hydrogen-bond donors (Lipinski definition) is 0. The number of unbranched alkanes of at least 4 members (excludes halogenated alkanes) is 1. The Morgan fingerprint density at radius 3 is 2.78 bits per heavy atom. The minimum Gasteiger partial charge on any atom is -0.287 e. The molecule has 1 fully saturated rings. The maximum Gasteiger partial charge on any atom is 0.262 e. The van der Waals surface area contributed by atoms with E-state index in [1.165, 1.54) is 38.5 Å². The molecule has 1 heterocycles. The third-order valence-electron chi connectivity index (χ3n) is 4.72. The molecule has 4 heteroatoms. The Morgan fingerprint density at radius 2 is 2.00 bits per heavy atom. The minimum absolute atomic E-state index is 0.139. The fourth-order valence-electron chi connectivity index (χ4n) is 3.35. The van der Waals surface area contributed by atoms with Gasteiger partial charge in [-0.15, -0.1) is 0 Å². The molecule has 0 bridgehead atoms. The topological polar surface area (TPSA) is 34.9 Å². The molecule has 0 aliphatic heterocycles. The summed E-state index contributed by atoms with van der Waals surface area (Å²) in [6.45, 7) is 3.04. The molecule has 0 saturated heterocycles. The first-order valence-electron chi connectivity index (χ1n) is 8.92. The van der Waals surface area contributed by atoms with Gasteiger partial charge in [0.25, 0.3) is 5.56 Å². The SMILES string of the molecule is CCCCSc1nc2ccccc2c(=O)n1CC1CCCCC1. The van der Waals surface area contributed by atoms with Crippen molar-refractivity contribution in [1.82, 2.24) is 9.55 Å². The number of hydrogen-bond acceptors (Lipinski definition) is 3. The number of fused-ring (bicyclic) bond motifs is 1. The molecule has 0 unspecified atom stereocenters. The molecule has 1 aromatic carbocycles.